The zero-order chi connectivity index (χ0) is 19.8. The van der Waals surface area contributed by atoms with Gasteiger partial charge in [0.1, 0.15) is 17.5 Å². The molecule has 4 bridgehead atoms. The van der Waals surface area contributed by atoms with Crippen LogP contribution in [0.1, 0.15) is 61.3 Å². The number of aromatic amines is 1. The Hall–Kier alpha value is -2.81. The van der Waals surface area contributed by atoms with E-state index < -0.39 is 5.92 Å². The predicted molar refractivity (Wildman–Crippen MR) is 104 cm³/mol. The number of nitriles is 1. The van der Waals surface area contributed by atoms with E-state index in [4.69, 9.17) is 10.5 Å². The molecular formula is C23H23FN4O. The van der Waals surface area contributed by atoms with Gasteiger partial charge in [-0.2, -0.15) is 5.26 Å². The number of aromatic nitrogens is 2. The molecule has 0 unspecified atom stereocenters. The van der Waals surface area contributed by atoms with Crippen molar-refractivity contribution in [2.75, 3.05) is 0 Å². The second-order valence-corrected chi connectivity index (χ2v) is 9.46. The van der Waals surface area contributed by atoms with Crippen molar-refractivity contribution in [3.05, 3.63) is 58.4 Å². The van der Waals surface area contributed by atoms with E-state index in [2.05, 4.69) is 16.3 Å². The number of benzene rings is 1. The van der Waals surface area contributed by atoms with Gasteiger partial charge in [-0.3, -0.25) is 5.10 Å². The van der Waals surface area contributed by atoms with Crippen LogP contribution in [0, 0.1) is 34.9 Å². The maximum atomic E-state index is 14.9. The molecule has 4 aliphatic carbocycles. The summed E-state index contributed by atoms with van der Waals surface area (Å²) in [6.07, 6.45) is 7.41. The van der Waals surface area contributed by atoms with Gasteiger partial charge >= 0.3 is 0 Å². The quantitative estimate of drug-likeness (QED) is 0.803. The van der Waals surface area contributed by atoms with Crippen LogP contribution in [0.3, 0.4) is 0 Å². The van der Waals surface area contributed by atoms with Crippen LogP contribution in [-0.4, -0.2) is 10.2 Å². The van der Waals surface area contributed by atoms with Crippen LogP contribution < -0.4 is 10.5 Å². The van der Waals surface area contributed by atoms with Crippen LogP contribution in [0.25, 0.3) is 0 Å². The molecule has 1 atom stereocenters. The van der Waals surface area contributed by atoms with E-state index in [9.17, 15) is 9.65 Å². The number of ether oxygens (including phenoxy) is 1. The average Bonchev–Trinajstić information content (AvgIpc) is 3.10. The Morgan fingerprint density at radius 3 is 2.41 bits per heavy atom. The first kappa shape index (κ1) is 17.1. The molecule has 1 aromatic carbocycles. The number of rotatable bonds is 2. The number of allylic oxidation sites excluding steroid dienone is 1. The largest absolute Gasteiger partial charge is 0.420 e. The lowest BCUT2D eigenvalue weighted by Crippen LogP contribution is -2.49. The lowest BCUT2D eigenvalue weighted by Gasteiger charge is -2.56. The SMILES string of the molecule is N#CC1=C(N)Oc2n[nH]c(C34CC5CC(CC(C5)C3)C4)c2[C@H]1c1ccccc1F. The van der Waals surface area contributed by atoms with E-state index in [0.717, 1.165) is 48.3 Å². The Morgan fingerprint density at radius 2 is 1.79 bits per heavy atom. The van der Waals surface area contributed by atoms with Gasteiger partial charge in [0.2, 0.25) is 11.8 Å². The van der Waals surface area contributed by atoms with Gasteiger partial charge in [-0.25, -0.2) is 4.39 Å². The molecule has 148 valence electrons. The van der Waals surface area contributed by atoms with Gasteiger partial charge in [0.25, 0.3) is 0 Å². The standard InChI is InChI=1S/C23H23FN4O/c24-17-4-2-1-3-15(17)18-16(11-25)21(26)29-22-19(18)20(27-28-22)23-8-12-5-13(9-23)7-14(6-12)10-23/h1-4,12-14,18H,5-10,26H2,(H,27,28)/t12?,13?,14?,18-,23?/m0/s1. The fourth-order valence-corrected chi connectivity index (χ4v) is 7.09. The topological polar surface area (TPSA) is 87.7 Å². The fourth-order valence-electron chi connectivity index (χ4n) is 7.09. The van der Waals surface area contributed by atoms with Gasteiger partial charge in [0.15, 0.2) is 0 Å². The first-order valence-electron chi connectivity index (χ1n) is 10.5. The number of nitrogens with zero attached hydrogens (tertiary/aromatic N) is 2. The minimum atomic E-state index is -0.591. The normalized spacial score (nSPS) is 34.6. The molecule has 5 aliphatic rings. The van der Waals surface area contributed by atoms with E-state index in [1.807, 2.05) is 0 Å². The highest BCUT2D eigenvalue weighted by atomic mass is 19.1. The Morgan fingerprint density at radius 1 is 1.14 bits per heavy atom. The molecule has 29 heavy (non-hydrogen) atoms. The molecule has 1 aromatic heterocycles. The van der Waals surface area contributed by atoms with Crippen molar-refractivity contribution in [3.8, 4) is 11.9 Å². The van der Waals surface area contributed by atoms with Crippen LogP contribution >= 0.6 is 0 Å². The highest BCUT2D eigenvalue weighted by Gasteiger charge is 2.54. The summed E-state index contributed by atoms with van der Waals surface area (Å²) >= 11 is 0. The van der Waals surface area contributed by atoms with Crippen LogP contribution in [0.15, 0.2) is 35.7 Å². The van der Waals surface area contributed by atoms with E-state index in [1.165, 1.54) is 25.3 Å². The van der Waals surface area contributed by atoms with E-state index >= 15 is 0 Å². The summed E-state index contributed by atoms with van der Waals surface area (Å²) in [5.74, 6) is 1.74. The zero-order valence-corrected chi connectivity index (χ0v) is 16.1. The maximum Gasteiger partial charge on any atom is 0.244 e. The minimum Gasteiger partial charge on any atom is -0.420 e. The smallest absolute Gasteiger partial charge is 0.244 e. The molecule has 2 aromatic rings. The summed E-state index contributed by atoms with van der Waals surface area (Å²) in [6, 6.07) is 8.80. The first-order valence-corrected chi connectivity index (χ1v) is 10.5. The van der Waals surface area contributed by atoms with Crippen LogP contribution in [-0.2, 0) is 5.41 Å². The van der Waals surface area contributed by atoms with E-state index in [1.54, 1.807) is 18.2 Å². The molecule has 2 heterocycles. The summed E-state index contributed by atoms with van der Waals surface area (Å²) in [4.78, 5) is 0. The first-order chi connectivity index (χ1) is 14.1. The molecular weight excluding hydrogens is 367 g/mol. The van der Waals surface area contributed by atoms with Gasteiger partial charge in [0.05, 0.1) is 11.5 Å². The Bertz CT molecular complexity index is 1040. The number of H-pyrrole nitrogens is 1. The molecule has 0 amide bonds. The second kappa shape index (κ2) is 5.85. The molecule has 0 spiro atoms. The molecule has 4 fully saturated rings. The van der Waals surface area contributed by atoms with Crippen molar-refractivity contribution in [2.45, 2.75) is 49.9 Å². The number of nitrogens with two attached hydrogens (primary N) is 1. The molecule has 7 rings (SSSR count). The van der Waals surface area contributed by atoms with Crippen LogP contribution in [0.5, 0.6) is 5.88 Å². The van der Waals surface area contributed by atoms with Crippen LogP contribution in [0.4, 0.5) is 4.39 Å². The van der Waals surface area contributed by atoms with Crippen molar-refractivity contribution >= 4 is 0 Å². The molecule has 4 saturated carbocycles. The second-order valence-electron chi connectivity index (χ2n) is 9.46. The summed E-state index contributed by atoms with van der Waals surface area (Å²) in [5.41, 5.74) is 8.64. The van der Waals surface area contributed by atoms with Crippen molar-refractivity contribution in [2.24, 2.45) is 23.5 Å². The Balaban J connectivity index is 1.55. The van der Waals surface area contributed by atoms with E-state index in [-0.39, 0.29) is 22.7 Å². The predicted octanol–water partition coefficient (Wildman–Crippen LogP) is 4.23. The van der Waals surface area contributed by atoms with Gasteiger partial charge in [-0.05, 0) is 62.3 Å². The van der Waals surface area contributed by atoms with Gasteiger partial charge in [-0.15, -0.1) is 5.10 Å². The number of halogens is 1. The van der Waals surface area contributed by atoms with E-state index in [0.29, 0.717) is 11.4 Å². The summed E-state index contributed by atoms with van der Waals surface area (Å²) in [7, 11) is 0. The van der Waals surface area contributed by atoms with Crippen molar-refractivity contribution in [3.63, 3.8) is 0 Å². The summed E-state index contributed by atoms with van der Waals surface area (Å²) < 4.78 is 20.6. The number of hydrogen-bond donors (Lipinski definition) is 2. The summed E-state index contributed by atoms with van der Waals surface area (Å²) in [6.45, 7) is 0. The summed E-state index contributed by atoms with van der Waals surface area (Å²) in [5, 5.41) is 17.6. The maximum absolute atomic E-state index is 14.9. The highest BCUT2D eigenvalue weighted by molar-refractivity contribution is 5.57. The lowest BCUT2D eigenvalue weighted by molar-refractivity contribution is -0.00768. The average molecular weight is 390 g/mol. The van der Waals surface area contributed by atoms with Crippen molar-refractivity contribution in [1.82, 2.24) is 10.2 Å². The molecule has 0 radical (unpaired) electrons. The molecule has 3 N–H and O–H groups in total. The molecule has 0 saturated heterocycles. The minimum absolute atomic E-state index is 0.0109. The third-order valence-electron chi connectivity index (χ3n) is 7.72. The van der Waals surface area contributed by atoms with Crippen molar-refractivity contribution < 1.29 is 9.13 Å². The van der Waals surface area contributed by atoms with Crippen LogP contribution in [0.2, 0.25) is 0 Å². The van der Waals surface area contributed by atoms with Gasteiger partial charge in [-0.1, -0.05) is 18.2 Å². The van der Waals surface area contributed by atoms with Crippen molar-refractivity contribution in [1.29, 1.82) is 5.26 Å². The molecule has 5 nitrogen and oxygen atoms in total. The van der Waals surface area contributed by atoms with Gasteiger partial charge < -0.3 is 10.5 Å². The monoisotopic (exact) mass is 390 g/mol. The molecule has 6 heteroatoms. The highest BCUT2D eigenvalue weighted by Crippen LogP contribution is 2.62. The Labute approximate surface area is 168 Å². The number of nitrogens with one attached hydrogen (secondary N) is 1. The third-order valence-corrected chi connectivity index (χ3v) is 7.72. The Kier molecular flexibility index (Phi) is 3.45. The number of fused-ring (bicyclic) bond motifs is 1. The molecule has 1 aliphatic heterocycles. The fraction of sp³-hybridized carbons (Fsp3) is 0.478. The lowest BCUT2D eigenvalue weighted by atomic mass is 9.48. The number of hydrogen-bond acceptors (Lipinski definition) is 4. The zero-order valence-electron chi connectivity index (χ0n) is 16.1. The third kappa shape index (κ3) is 2.33. The van der Waals surface area contributed by atoms with Gasteiger partial charge in [0, 0.05) is 16.7 Å².